The van der Waals surface area contributed by atoms with Crippen LogP contribution in [-0.2, 0) is 6.18 Å². The average Bonchev–Trinajstić information content (AvgIpc) is 2.66. The fourth-order valence-electron chi connectivity index (χ4n) is 1.42. The molecule has 0 fully saturated rings. The molecule has 2 aromatic rings. The number of aromatic nitrogens is 1. The highest BCUT2D eigenvalue weighted by atomic mass is 79.9. The van der Waals surface area contributed by atoms with Gasteiger partial charge in [0.25, 0.3) is 0 Å². The Balaban J connectivity index is 2.55. The van der Waals surface area contributed by atoms with Gasteiger partial charge >= 0.3 is 6.18 Å². The van der Waals surface area contributed by atoms with Gasteiger partial charge in [0.15, 0.2) is 0 Å². The number of thiazole rings is 1. The highest BCUT2D eigenvalue weighted by molar-refractivity contribution is 9.10. The monoisotopic (exact) mass is 351 g/mol. The maximum absolute atomic E-state index is 12.9. The summed E-state index contributed by atoms with van der Waals surface area (Å²) >= 11 is 4.20. The first-order valence-corrected chi connectivity index (χ1v) is 6.82. The van der Waals surface area contributed by atoms with Gasteiger partial charge in [0.2, 0.25) is 5.13 Å². The number of nitrogens with zero attached hydrogens (tertiary/aromatic N) is 2. The van der Waals surface area contributed by atoms with E-state index in [1.807, 2.05) is 0 Å². The number of hydrogen-bond acceptors (Lipinski definition) is 4. The smallest absolute Gasteiger partial charge is 0.253 e. The minimum Gasteiger partial charge on any atom is -0.253 e. The Kier molecular flexibility index (Phi) is 3.82. The van der Waals surface area contributed by atoms with E-state index in [1.54, 1.807) is 19.9 Å². The van der Waals surface area contributed by atoms with E-state index in [9.17, 15) is 13.2 Å². The zero-order chi connectivity index (χ0) is 14.2. The molecule has 3 nitrogen and oxygen atoms in total. The molecule has 0 amide bonds. The largest absolute Gasteiger partial charge is 0.418 e. The van der Waals surface area contributed by atoms with Crippen LogP contribution in [0.3, 0.4) is 0 Å². The first-order valence-electron chi connectivity index (χ1n) is 5.21. The van der Waals surface area contributed by atoms with Crippen molar-refractivity contribution in [2.75, 3.05) is 5.43 Å². The molecule has 1 aromatic carbocycles. The zero-order valence-corrected chi connectivity index (χ0v) is 12.4. The Morgan fingerprint density at radius 2 is 2.05 bits per heavy atom. The zero-order valence-electron chi connectivity index (χ0n) is 9.97. The lowest BCUT2D eigenvalue weighted by atomic mass is 10.2. The Hall–Kier alpha value is -1.15. The first kappa shape index (κ1) is 14.3. The maximum atomic E-state index is 12.9. The van der Waals surface area contributed by atoms with Gasteiger partial charge in [-0.05, 0) is 26.0 Å². The van der Waals surface area contributed by atoms with E-state index < -0.39 is 11.7 Å². The van der Waals surface area contributed by atoms with Crippen LogP contribution in [0.4, 0.5) is 18.3 Å². The van der Waals surface area contributed by atoms with Gasteiger partial charge in [0, 0.05) is 10.2 Å². The van der Waals surface area contributed by atoms with Crippen LogP contribution in [0.1, 0.15) is 19.4 Å². The average molecular weight is 352 g/mol. The summed E-state index contributed by atoms with van der Waals surface area (Å²) in [7, 11) is 0. The molecular weight excluding hydrogens is 343 g/mol. The third-order valence-corrected chi connectivity index (χ3v) is 3.51. The fraction of sp³-hybridized carbons (Fsp3) is 0.273. The molecule has 102 valence electrons. The lowest BCUT2D eigenvalue weighted by molar-refractivity contribution is -0.136. The molecule has 0 atom stereocenters. The van der Waals surface area contributed by atoms with Crippen molar-refractivity contribution in [2.24, 2.45) is 5.10 Å². The second kappa shape index (κ2) is 5.09. The number of anilines is 1. The second-order valence-corrected chi connectivity index (χ2v) is 5.93. The number of nitrogens with one attached hydrogen (secondary N) is 1. The molecule has 1 aromatic heterocycles. The summed E-state index contributed by atoms with van der Waals surface area (Å²) in [6.07, 6.45) is -4.43. The molecule has 0 radical (unpaired) electrons. The standard InChI is InChI=1S/C11H9BrF3N3S/c1-5(2)17-18-10-16-9-7(11(13,14)15)3-6(12)4-8(9)19-10/h3-4H,1-2H3,(H,16,18). The summed E-state index contributed by atoms with van der Waals surface area (Å²) in [6.45, 7) is 3.55. The van der Waals surface area contributed by atoms with E-state index in [0.29, 0.717) is 14.3 Å². The fourth-order valence-corrected chi connectivity index (χ4v) is 2.90. The second-order valence-electron chi connectivity index (χ2n) is 3.99. The summed E-state index contributed by atoms with van der Waals surface area (Å²) in [5.41, 5.74) is 2.59. The van der Waals surface area contributed by atoms with Crippen LogP contribution in [0.15, 0.2) is 21.7 Å². The molecule has 0 aliphatic heterocycles. The van der Waals surface area contributed by atoms with Gasteiger partial charge in [-0.15, -0.1) is 0 Å². The van der Waals surface area contributed by atoms with Crippen LogP contribution in [0, 0.1) is 0 Å². The van der Waals surface area contributed by atoms with Gasteiger partial charge in [-0.25, -0.2) is 4.98 Å². The molecule has 2 rings (SSSR count). The third-order valence-electron chi connectivity index (χ3n) is 2.14. The minimum absolute atomic E-state index is 0.0628. The van der Waals surface area contributed by atoms with Gasteiger partial charge in [-0.1, -0.05) is 27.3 Å². The lowest BCUT2D eigenvalue weighted by Crippen LogP contribution is -2.05. The van der Waals surface area contributed by atoms with E-state index in [4.69, 9.17) is 0 Å². The normalized spacial score (nSPS) is 11.7. The molecule has 0 aliphatic carbocycles. The topological polar surface area (TPSA) is 37.3 Å². The minimum atomic E-state index is -4.43. The number of hydrogen-bond donors (Lipinski definition) is 1. The van der Waals surface area contributed by atoms with Crippen LogP contribution in [-0.4, -0.2) is 10.7 Å². The Labute approximate surface area is 119 Å². The number of rotatable bonds is 2. The van der Waals surface area contributed by atoms with Crippen molar-refractivity contribution >= 4 is 48.3 Å². The SMILES string of the molecule is CC(C)=NNc1nc2c(C(F)(F)F)cc(Br)cc2s1. The molecule has 0 saturated heterocycles. The first-order chi connectivity index (χ1) is 8.77. The number of alkyl halides is 3. The lowest BCUT2D eigenvalue weighted by Gasteiger charge is -2.07. The van der Waals surface area contributed by atoms with Crippen molar-refractivity contribution in [3.8, 4) is 0 Å². The summed E-state index contributed by atoms with van der Waals surface area (Å²) in [5.74, 6) is 0. The van der Waals surface area contributed by atoms with Gasteiger partial charge in [-0.3, -0.25) is 5.43 Å². The predicted molar refractivity (Wildman–Crippen MR) is 74.7 cm³/mol. The Morgan fingerprint density at radius 1 is 1.37 bits per heavy atom. The van der Waals surface area contributed by atoms with Gasteiger partial charge < -0.3 is 0 Å². The van der Waals surface area contributed by atoms with Crippen LogP contribution in [0.5, 0.6) is 0 Å². The highest BCUT2D eigenvalue weighted by Crippen LogP contribution is 2.39. The van der Waals surface area contributed by atoms with Crippen LogP contribution in [0.2, 0.25) is 0 Å². The molecule has 19 heavy (non-hydrogen) atoms. The highest BCUT2D eigenvalue weighted by Gasteiger charge is 2.34. The molecule has 0 spiro atoms. The third kappa shape index (κ3) is 3.24. The van der Waals surface area contributed by atoms with E-state index in [-0.39, 0.29) is 5.52 Å². The molecule has 0 unspecified atom stereocenters. The molecule has 1 N–H and O–H groups in total. The Bertz CT molecular complexity index is 644. The van der Waals surface area contributed by atoms with E-state index in [0.717, 1.165) is 23.1 Å². The predicted octanol–water partition coefficient (Wildman–Crippen LogP) is 4.89. The van der Waals surface area contributed by atoms with E-state index in [2.05, 4.69) is 31.4 Å². The van der Waals surface area contributed by atoms with E-state index >= 15 is 0 Å². The number of benzene rings is 1. The van der Waals surface area contributed by atoms with Crippen LogP contribution < -0.4 is 5.43 Å². The summed E-state index contributed by atoms with van der Waals surface area (Å²) in [6, 6.07) is 2.64. The van der Waals surface area contributed by atoms with Crippen molar-refractivity contribution in [3.05, 3.63) is 22.2 Å². The molecule has 0 saturated carbocycles. The quantitative estimate of drug-likeness (QED) is 0.618. The summed E-state index contributed by atoms with van der Waals surface area (Å²) in [5, 5.41) is 4.26. The van der Waals surface area contributed by atoms with Crippen LogP contribution >= 0.6 is 27.3 Å². The van der Waals surface area contributed by atoms with Crippen LogP contribution in [0.25, 0.3) is 10.2 Å². The van der Waals surface area contributed by atoms with Gasteiger partial charge in [-0.2, -0.15) is 18.3 Å². The van der Waals surface area contributed by atoms with Gasteiger partial charge in [0.05, 0.1) is 15.8 Å². The number of halogens is 4. The summed E-state index contributed by atoms with van der Waals surface area (Å²) < 4.78 is 39.6. The maximum Gasteiger partial charge on any atom is 0.418 e. The number of fused-ring (bicyclic) bond motifs is 1. The van der Waals surface area contributed by atoms with Crippen molar-refractivity contribution in [3.63, 3.8) is 0 Å². The molecule has 0 aliphatic rings. The molecule has 1 heterocycles. The van der Waals surface area contributed by atoms with Crippen molar-refractivity contribution in [1.82, 2.24) is 4.98 Å². The summed E-state index contributed by atoms with van der Waals surface area (Å²) in [4.78, 5) is 3.95. The van der Waals surface area contributed by atoms with Crippen molar-refractivity contribution in [2.45, 2.75) is 20.0 Å². The van der Waals surface area contributed by atoms with Crippen molar-refractivity contribution < 1.29 is 13.2 Å². The molecule has 8 heteroatoms. The van der Waals surface area contributed by atoms with Gasteiger partial charge in [0.1, 0.15) is 0 Å². The van der Waals surface area contributed by atoms with Crippen molar-refractivity contribution in [1.29, 1.82) is 0 Å². The number of hydrazone groups is 1. The Morgan fingerprint density at radius 3 is 2.63 bits per heavy atom. The molecular formula is C11H9BrF3N3S. The molecule has 0 bridgehead atoms. The van der Waals surface area contributed by atoms with E-state index in [1.165, 1.54) is 0 Å².